The van der Waals surface area contributed by atoms with E-state index in [4.69, 9.17) is 0 Å². The number of hydrogen-bond donors (Lipinski definition) is 1. The molecule has 0 unspecified atom stereocenters. The van der Waals surface area contributed by atoms with Gasteiger partial charge < -0.3 is 5.32 Å². The number of nitrogens with one attached hydrogen (secondary N) is 1. The zero-order valence-electron chi connectivity index (χ0n) is 13.7. The van der Waals surface area contributed by atoms with E-state index < -0.39 is 0 Å². The number of amides is 1. The molecule has 23 heavy (non-hydrogen) atoms. The van der Waals surface area contributed by atoms with Crippen LogP contribution in [0.2, 0.25) is 0 Å². The van der Waals surface area contributed by atoms with Crippen molar-refractivity contribution < 1.29 is 9.18 Å². The maximum atomic E-state index is 12.9. The van der Waals surface area contributed by atoms with Gasteiger partial charge in [-0.05, 0) is 85.8 Å². The van der Waals surface area contributed by atoms with Gasteiger partial charge in [0.2, 0.25) is 5.91 Å². The Kier molecular flexibility index (Phi) is 3.90. The summed E-state index contributed by atoms with van der Waals surface area (Å²) in [5.74, 6) is 2.71. The molecule has 4 fully saturated rings. The van der Waals surface area contributed by atoms with Crippen LogP contribution >= 0.6 is 0 Å². The summed E-state index contributed by atoms with van der Waals surface area (Å²) in [6.45, 7) is 0.798. The molecule has 1 aromatic carbocycles. The Hall–Kier alpha value is -1.38. The summed E-state index contributed by atoms with van der Waals surface area (Å²) in [7, 11) is 0. The zero-order chi connectivity index (χ0) is 15.9. The maximum absolute atomic E-state index is 12.9. The van der Waals surface area contributed by atoms with Crippen molar-refractivity contribution >= 4 is 5.91 Å². The molecular weight excluding hydrogens is 289 g/mol. The first kappa shape index (κ1) is 15.2. The highest BCUT2D eigenvalue weighted by molar-refractivity contribution is 5.78. The van der Waals surface area contributed by atoms with Gasteiger partial charge in [-0.1, -0.05) is 12.1 Å². The molecule has 0 heterocycles. The van der Waals surface area contributed by atoms with E-state index in [-0.39, 0.29) is 11.7 Å². The molecule has 4 aliphatic rings. The number of halogens is 1. The minimum Gasteiger partial charge on any atom is -0.356 e. The Bertz CT molecular complexity index is 545. The molecule has 2 nitrogen and oxygen atoms in total. The number of rotatable bonds is 5. The number of hydrogen-bond acceptors (Lipinski definition) is 1. The predicted molar refractivity (Wildman–Crippen MR) is 88.3 cm³/mol. The molecule has 1 N–H and O–H groups in total. The Labute approximate surface area is 137 Å². The fourth-order valence-corrected chi connectivity index (χ4v) is 5.91. The summed E-state index contributed by atoms with van der Waals surface area (Å²) >= 11 is 0. The Morgan fingerprint density at radius 2 is 1.61 bits per heavy atom. The predicted octanol–water partition coefficient (Wildman–Crippen LogP) is 4.09. The summed E-state index contributed by atoms with van der Waals surface area (Å²) in [6.07, 6.45) is 10.1. The molecule has 5 rings (SSSR count). The number of carbonyl (C=O) groups is 1. The monoisotopic (exact) mass is 315 g/mol. The van der Waals surface area contributed by atoms with Gasteiger partial charge in [0, 0.05) is 6.54 Å². The highest BCUT2D eigenvalue weighted by Gasteiger charge is 2.50. The van der Waals surface area contributed by atoms with Gasteiger partial charge in [-0.25, -0.2) is 4.39 Å². The van der Waals surface area contributed by atoms with Gasteiger partial charge in [0.15, 0.2) is 0 Å². The minimum atomic E-state index is -0.254. The van der Waals surface area contributed by atoms with Crippen molar-refractivity contribution in [3.63, 3.8) is 0 Å². The van der Waals surface area contributed by atoms with E-state index >= 15 is 0 Å². The van der Waals surface area contributed by atoms with Gasteiger partial charge in [0.25, 0.3) is 0 Å². The molecule has 0 atom stereocenters. The zero-order valence-corrected chi connectivity index (χ0v) is 13.7. The van der Waals surface area contributed by atoms with Crippen molar-refractivity contribution in [3.8, 4) is 0 Å². The van der Waals surface area contributed by atoms with Crippen LogP contribution in [0.25, 0.3) is 0 Å². The van der Waals surface area contributed by atoms with E-state index in [2.05, 4.69) is 5.32 Å². The standard InChI is InChI=1S/C20H26FNO/c21-18-3-1-14(2-4-18)10-19(23)22-6-5-20-11-15-7-16(12-20)9-17(8-15)13-20/h1-4,15-17H,5-13H2,(H,22,23). The van der Waals surface area contributed by atoms with Crippen molar-refractivity contribution in [2.24, 2.45) is 23.2 Å². The van der Waals surface area contributed by atoms with Crippen LogP contribution in [0.15, 0.2) is 24.3 Å². The van der Waals surface area contributed by atoms with E-state index in [1.54, 1.807) is 12.1 Å². The number of benzene rings is 1. The van der Waals surface area contributed by atoms with Crippen LogP contribution in [0.1, 0.15) is 50.5 Å². The van der Waals surface area contributed by atoms with Crippen molar-refractivity contribution in [1.29, 1.82) is 0 Å². The van der Waals surface area contributed by atoms with E-state index in [0.29, 0.717) is 11.8 Å². The van der Waals surface area contributed by atoms with Gasteiger partial charge in [0.05, 0.1) is 6.42 Å². The molecule has 0 spiro atoms. The SMILES string of the molecule is O=C(Cc1ccc(F)cc1)NCCC12CC3CC(CC(C3)C1)C2. The van der Waals surface area contributed by atoms with E-state index in [0.717, 1.165) is 36.3 Å². The second-order valence-corrected chi connectivity index (χ2v) is 8.32. The van der Waals surface area contributed by atoms with Crippen molar-refractivity contribution in [3.05, 3.63) is 35.6 Å². The molecule has 124 valence electrons. The third-order valence-corrected chi connectivity index (χ3v) is 6.42. The fourth-order valence-electron chi connectivity index (χ4n) is 5.91. The molecule has 0 radical (unpaired) electrons. The molecule has 4 bridgehead atoms. The Balaban J connectivity index is 1.27. The van der Waals surface area contributed by atoms with Gasteiger partial charge >= 0.3 is 0 Å². The molecule has 0 saturated heterocycles. The first-order valence-electron chi connectivity index (χ1n) is 9.11. The minimum absolute atomic E-state index is 0.0568. The van der Waals surface area contributed by atoms with Crippen LogP contribution in [0.4, 0.5) is 4.39 Å². The molecule has 3 heteroatoms. The highest BCUT2D eigenvalue weighted by Crippen LogP contribution is 2.61. The average molecular weight is 315 g/mol. The summed E-state index contributed by atoms with van der Waals surface area (Å²) in [5, 5.41) is 3.09. The molecule has 1 amide bonds. The average Bonchev–Trinajstić information content (AvgIpc) is 2.48. The lowest BCUT2D eigenvalue weighted by Crippen LogP contribution is -2.47. The third-order valence-electron chi connectivity index (χ3n) is 6.42. The summed E-state index contributed by atoms with van der Waals surface area (Å²) in [6, 6.07) is 6.21. The second kappa shape index (κ2) is 5.92. The largest absolute Gasteiger partial charge is 0.356 e. The lowest BCUT2D eigenvalue weighted by molar-refractivity contribution is -0.120. The third kappa shape index (κ3) is 3.29. The van der Waals surface area contributed by atoms with Crippen molar-refractivity contribution in [1.82, 2.24) is 5.32 Å². The Morgan fingerprint density at radius 3 is 2.17 bits per heavy atom. The lowest BCUT2D eigenvalue weighted by Gasteiger charge is -2.57. The summed E-state index contributed by atoms with van der Waals surface area (Å²) < 4.78 is 12.9. The highest BCUT2D eigenvalue weighted by atomic mass is 19.1. The maximum Gasteiger partial charge on any atom is 0.224 e. The summed E-state index contributed by atoms with van der Waals surface area (Å²) in [5.41, 5.74) is 1.40. The van der Waals surface area contributed by atoms with E-state index in [1.165, 1.54) is 50.7 Å². The molecule has 0 aromatic heterocycles. The topological polar surface area (TPSA) is 29.1 Å². The van der Waals surface area contributed by atoms with Crippen LogP contribution in [-0.2, 0) is 11.2 Å². The fraction of sp³-hybridized carbons (Fsp3) is 0.650. The smallest absolute Gasteiger partial charge is 0.224 e. The molecule has 4 saturated carbocycles. The normalized spacial score (nSPS) is 34.6. The summed E-state index contributed by atoms with van der Waals surface area (Å²) in [4.78, 5) is 12.1. The molecular formula is C20H26FNO. The quantitative estimate of drug-likeness (QED) is 0.871. The van der Waals surface area contributed by atoms with Gasteiger partial charge in [-0.3, -0.25) is 4.79 Å². The van der Waals surface area contributed by atoms with Crippen LogP contribution in [-0.4, -0.2) is 12.5 Å². The van der Waals surface area contributed by atoms with E-state index in [1.807, 2.05) is 0 Å². The number of carbonyl (C=O) groups excluding carboxylic acids is 1. The van der Waals surface area contributed by atoms with Crippen LogP contribution in [0.5, 0.6) is 0 Å². The Morgan fingerprint density at radius 1 is 1.04 bits per heavy atom. The first-order chi connectivity index (χ1) is 11.1. The first-order valence-corrected chi connectivity index (χ1v) is 9.11. The van der Waals surface area contributed by atoms with Crippen LogP contribution in [0.3, 0.4) is 0 Å². The van der Waals surface area contributed by atoms with Crippen molar-refractivity contribution in [2.75, 3.05) is 6.54 Å². The van der Waals surface area contributed by atoms with Gasteiger partial charge in [-0.15, -0.1) is 0 Å². The van der Waals surface area contributed by atoms with Gasteiger partial charge in [-0.2, -0.15) is 0 Å². The van der Waals surface area contributed by atoms with Crippen molar-refractivity contribution in [2.45, 2.75) is 51.4 Å². The molecule has 4 aliphatic carbocycles. The van der Waals surface area contributed by atoms with Crippen LogP contribution < -0.4 is 5.32 Å². The van der Waals surface area contributed by atoms with Gasteiger partial charge in [0.1, 0.15) is 5.82 Å². The van der Waals surface area contributed by atoms with E-state index in [9.17, 15) is 9.18 Å². The molecule has 0 aliphatic heterocycles. The lowest BCUT2D eigenvalue weighted by atomic mass is 9.49. The van der Waals surface area contributed by atoms with Crippen LogP contribution in [0, 0.1) is 29.0 Å². The molecule has 1 aromatic rings. The second-order valence-electron chi connectivity index (χ2n) is 8.32.